The number of aromatic hydroxyl groups is 1. The number of likely N-dealkylation sites (N-methyl/N-ethyl adjacent to an activating group) is 2. The number of nitrogens with zero attached hydrogens (tertiary/aromatic N) is 2. The van der Waals surface area contributed by atoms with Gasteiger partial charge in [-0.2, -0.15) is 0 Å². The standard InChI is InChI=1S/C41H46N2O8.2HI/c1-42-16-14-28-23-37(49-5)40(46)41-39(28)31(42)19-26-10-13-33(47-3)35(21-26)50-29-11-8-25(9-12-29)20-32-30-24-36(51-41)34(48-4)22-27(30)15-18-43(32,2)17-6-7-38(44)45;;/h8-13,21-24,31-32H,6-7,14-20H2,1-5H3,(H-,44,45,46);2*1H. The van der Waals surface area contributed by atoms with Crippen molar-refractivity contribution in [2.24, 2.45) is 0 Å². The molecule has 0 aromatic heterocycles. The number of carbonyl (C=O) groups is 1. The third-order valence-electron chi connectivity index (χ3n) is 11.1. The summed E-state index contributed by atoms with van der Waals surface area (Å²) in [6, 6.07) is 20.1. The summed E-state index contributed by atoms with van der Waals surface area (Å²) in [5.74, 6) is 2.62. The minimum atomic E-state index is -1.03. The van der Waals surface area contributed by atoms with Gasteiger partial charge in [0.05, 0.1) is 41.5 Å². The molecule has 4 aromatic carbocycles. The number of hydrogen-bond acceptors (Lipinski definition) is 9. The van der Waals surface area contributed by atoms with Gasteiger partial charge in [-0.25, -0.2) is 0 Å². The minimum absolute atomic E-state index is 0. The highest BCUT2D eigenvalue weighted by atomic mass is 127. The number of hydrogen-bond donors (Lipinski definition) is 1. The molecule has 0 spiro atoms. The van der Waals surface area contributed by atoms with Gasteiger partial charge in [0.25, 0.3) is 0 Å². The van der Waals surface area contributed by atoms with Gasteiger partial charge in [-0.3, -0.25) is 4.90 Å². The topological polar surface area (TPSA) is 110 Å². The number of ether oxygens (including phenoxy) is 5. The Balaban J connectivity index is 0.00000271. The van der Waals surface area contributed by atoms with E-state index in [0.717, 1.165) is 59.3 Å². The average Bonchev–Trinajstić information content (AvgIpc) is 3.12. The van der Waals surface area contributed by atoms with Gasteiger partial charge >= 0.3 is 0 Å². The van der Waals surface area contributed by atoms with Crippen molar-refractivity contribution in [2.75, 3.05) is 55.1 Å². The van der Waals surface area contributed by atoms with E-state index < -0.39 is 5.97 Å². The molecule has 6 bridgehead atoms. The van der Waals surface area contributed by atoms with Crippen LogP contribution in [0.3, 0.4) is 0 Å². The highest BCUT2D eigenvalue weighted by Gasteiger charge is 2.40. The van der Waals surface area contributed by atoms with Gasteiger partial charge in [0.15, 0.2) is 34.5 Å². The number of fused-ring (bicyclic) bond motifs is 2. The highest BCUT2D eigenvalue weighted by molar-refractivity contribution is 14.0. The number of rotatable bonds is 7. The van der Waals surface area contributed by atoms with Crippen LogP contribution in [0.15, 0.2) is 60.7 Å². The second kappa shape index (κ2) is 16.9. The zero-order valence-electron chi connectivity index (χ0n) is 30.8. The average molecular weight is 951 g/mol. The molecule has 4 heterocycles. The van der Waals surface area contributed by atoms with Gasteiger partial charge in [0, 0.05) is 48.9 Å². The number of phenolic OH excluding ortho intramolecular Hbond substituents is 1. The Hall–Kier alpha value is -3.47. The predicted molar refractivity (Wildman–Crippen MR) is 221 cm³/mol. The largest absolute Gasteiger partial charge is 0.550 e. The molecule has 0 saturated heterocycles. The first kappa shape index (κ1) is 40.7. The van der Waals surface area contributed by atoms with Crippen LogP contribution < -0.4 is 28.8 Å². The molecule has 284 valence electrons. The Morgan fingerprint density at radius 2 is 1.55 bits per heavy atom. The minimum Gasteiger partial charge on any atom is -0.550 e. The number of phenols is 1. The van der Waals surface area contributed by atoms with E-state index in [1.165, 1.54) is 0 Å². The SMILES string of the molecule is COc1ccc2cc1Oc1ccc(cc1)CC1c3cc(c(OC)cc3CC[N+]1(C)CCCC(=O)[O-])Oc1c(O)c(OC)cc3c1C(C2)N(C)CC3.I.I. The Kier molecular flexibility index (Phi) is 13.0. The third kappa shape index (κ3) is 8.15. The van der Waals surface area contributed by atoms with Gasteiger partial charge in [-0.15, -0.1) is 48.0 Å². The second-order valence-corrected chi connectivity index (χ2v) is 14.2. The Bertz CT molecular complexity index is 1960. The molecule has 12 heteroatoms. The maximum absolute atomic E-state index is 11.8. The molecule has 0 fully saturated rings. The summed E-state index contributed by atoms with van der Waals surface area (Å²) < 4.78 is 31.3. The fraction of sp³-hybridized carbons (Fsp3) is 0.390. The molecule has 3 unspecified atom stereocenters. The van der Waals surface area contributed by atoms with Gasteiger partial charge < -0.3 is 43.2 Å². The van der Waals surface area contributed by atoms with Crippen LogP contribution in [0.4, 0.5) is 0 Å². The molecular weight excluding hydrogens is 902 g/mol. The van der Waals surface area contributed by atoms with Crippen LogP contribution in [0.1, 0.15) is 58.3 Å². The van der Waals surface area contributed by atoms with Crippen LogP contribution in [0.2, 0.25) is 0 Å². The first-order valence-corrected chi connectivity index (χ1v) is 17.6. The lowest BCUT2D eigenvalue weighted by Gasteiger charge is -2.46. The van der Waals surface area contributed by atoms with E-state index >= 15 is 0 Å². The summed E-state index contributed by atoms with van der Waals surface area (Å²) >= 11 is 0. The molecular formula is C41H48I2N2O8. The van der Waals surface area contributed by atoms with E-state index in [2.05, 4.69) is 43.3 Å². The van der Waals surface area contributed by atoms with E-state index in [9.17, 15) is 15.0 Å². The Morgan fingerprint density at radius 1 is 0.868 bits per heavy atom. The van der Waals surface area contributed by atoms with Crippen molar-refractivity contribution in [1.29, 1.82) is 0 Å². The number of carbonyl (C=O) groups excluding carboxylic acids is 1. The number of methoxy groups -OCH3 is 3. The molecule has 0 amide bonds. The van der Waals surface area contributed by atoms with Gasteiger partial charge in [-0.05, 0) is 91.0 Å². The van der Waals surface area contributed by atoms with E-state index in [1.54, 1.807) is 21.3 Å². The predicted octanol–water partition coefficient (Wildman–Crippen LogP) is 7.14. The van der Waals surface area contributed by atoms with Crippen LogP contribution >= 0.6 is 48.0 Å². The molecule has 8 rings (SSSR count). The summed E-state index contributed by atoms with van der Waals surface area (Å²) in [6.07, 6.45) is 3.40. The fourth-order valence-electron chi connectivity index (χ4n) is 8.19. The summed E-state index contributed by atoms with van der Waals surface area (Å²) in [5, 5.41) is 23.2. The van der Waals surface area contributed by atoms with Crippen molar-refractivity contribution >= 4 is 53.9 Å². The molecule has 1 N–H and O–H groups in total. The summed E-state index contributed by atoms with van der Waals surface area (Å²) in [7, 11) is 9.13. The van der Waals surface area contributed by atoms with Crippen molar-refractivity contribution in [1.82, 2.24) is 4.90 Å². The Morgan fingerprint density at radius 3 is 2.25 bits per heavy atom. The number of carboxylic acid groups (broad SMARTS) is 1. The number of halogens is 2. The maximum Gasteiger partial charge on any atom is 0.201 e. The molecule has 4 aliphatic heterocycles. The smallest absolute Gasteiger partial charge is 0.201 e. The zero-order chi connectivity index (χ0) is 35.9. The van der Waals surface area contributed by atoms with Crippen molar-refractivity contribution in [3.63, 3.8) is 0 Å². The van der Waals surface area contributed by atoms with Crippen LogP contribution in [-0.4, -0.2) is 75.5 Å². The number of carboxylic acids is 1. The van der Waals surface area contributed by atoms with Crippen LogP contribution in [0.5, 0.6) is 46.0 Å². The van der Waals surface area contributed by atoms with Crippen molar-refractivity contribution in [3.8, 4) is 46.0 Å². The van der Waals surface area contributed by atoms with Gasteiger partial charge in [0.2, 0.25) is 5.75 Å². The number of aliphatic carboxylic acids is 1. The molecule has 3 atom stereocenters. The molecule has 10 nitrogen and oxygen atoms in total. The molecule has 0 radical (unpaired) electrons. The monoisotopic (exact) mass is 950 g/mol. The first-order chi connectivity index (χ1) is 24.6. The van der Waals surface area contributed by atoms with Crippen LogP contribution in [0.25, 0.3) is 0 Å². The van der Waals surface area contributed by atoms with E-state index in [1.807, 2.05) is 36.4 Å². The first-order valence-electron chi connectivity index (χ1n) is 17.6. The quantitative estimate of drug-likeness (QED) is 0.153. The fourth-order valence-corrected chi connectivity index (χ4v) is 8.19. The van der Waals surface area contributed by atoms with Crippen molar-refractivity contribution in [2.45, 2.75) is 50.6 Å². The van der Waals surface area contributed by atoms with E-state index in [-0.39, 0.29) is 72.2 Å². The van der Waals surface area contributed by atoms with Gasteiger partial charge in [0.1, 0.15) is 11.8 Å². The zero-order valence-corrected chi connectivity index (χ0v) is 35.5. The summed E-state index contributed by atoms with van der Waals surface area (Å²) in [6.45, 7) is 2.33. The van der Waals surface area contributed by atoms with Crippen LogP contribution in [0, 0.1) is 0 Å². The number of quaternary nitrogens is 1. The lowest BCUT2D eigenvalue weighted by Crippen LogP contribution is -2.52. The lowest BCUT2D eigenvalue weighted by molar-refractivity contribution is -0.941. The number of benzene rings is 4. The molecule has 53 heavy (non-hydrogen) atoms. The van der Waals surface area contributed by atoms with Gasteiger partial charge in [-0.1, -0.05) is 18.2 Å². The molecule has 0 saturated carbocycles. The van der Waals surface area contributed by atoms with E-state index in [4.69, 9.17) is 23.7 Å². The Labute approximate surface area is 345 Å². The summed E-state index contributed by atoms with van der Waals surface area (Å²) in [4.78, 5) is 13.7. The normalized spacial score (nSPS) is 20.2. The molecule has 4 aliphatic rings. The lowest BCUT2D eigenvalue weighted by atomic mass is 9.85. The third-order valence-corrected chi connectivity index (χ3v) is 11.1. The second-order valence-electron chi connectivity index (χ2n) is 14.2. The molecule has 4 aromatic rings. The van der Waals surface area contributed by atoms with Crippen LogP contribution in [-0.2, 0) is 30.5 Å². The van der Waals surface area contributed by atoms with Crippen molar-refractivity contribution < 1.29 is 43.2 Å². The highest BCUT2D eigenvalue weighted by Crippen LogP contribution is 2.52. The van der Waals surface area contributed by atoms with E-state index in [0.29, 0.717) is 70.5 Å². The summed E-state index contributed by atoms with van der Waals surface area (Å²) in [5.41, 5.74) is 6.38. The van der Waals surface area contributed by atoms with Crippen molar-refractivity contribution in [3.05, 3.63) is 94.0 Å². The molecule has 0 aliphatic carbocycles. The maximum atomic E-state index is 11.8.